The Morgan fingerprint density at radius 1 is 1.23 bits per heavy atom. The van der Waals surface area contributed by atoms with Crippen molar-refractivity contribution in [2.75, 3.05) is 18.4 Å². The zero-order valence-corrected chi connectivity index (χ0v) is 12.8. The average Bonchev–Trinajstić information content (AvgIpc) is 2.95. The van der Waals surface area contributed by atoms with Gasteiger partial charge in [0.05, 0.1) is 0 Å². The molecule has 5 heteroatoms. The first-order valence-electron chi connectivity index (χ1n) is 7.77. The number of carbonyl (C=O) groups is 1. The van der Waals surface area contributed by atoms with E-state index in [0.717, 1.165) is 31.5 Å². The molecule has 0 radical (unpaired) electrons. The molecule has 116 valence electrons. The van der Waals surface area contributed by atoms with E-state index in [0.29, 0.717) is 11.6 Å². The number of hydrogen-bond donors (Lipinski definition) is 1. The fourth-order valence-corrected chi connectivity index (χ4v) is 2.96. The van der Waals surface area contributed by atoms with Crippen LogP contribution in [-0.2, 0) is 4.79 Å². The second-order valence-corrected chi connectivity index (χ2v) is 5.72. The number of aromatic nitrogens is 1. The van der Waals surface area contributed by atoms with Gasteiger partial charge in [0.25, 0.3) is 0 Å². The van der Waals surface area contributed by atoms with Gasteiger partial charge in [0.2, 0.25) is 5.91 Å². The molecule has 1 aliphatic rings. The number of anilines is 1. The molecule has 1 saturated heterocycles. The third-order valence-corrected chi connectivity index (χ3v) is 4.00. The van der Waals surface area contributed by atoms with Gasteiger partial charge in [0.1, 0.15) is 11.8 Å². The topological polar surface area (TPSA) is 58.4 Å². The van der Waals surface area contributed by atoms with Crippen LogP contribution in [0, 0.1) is 6.92 Å². The fraction of sp³-hybridized carbons (Fsp3) is 0.412. The fourth-order valence-electron chi connectivity index (χ4n) is 2.96. The van der Waals surface area contributed by atoms with Crippen LogP contribution < -0.4 is 5.32 Å². The smallest absolute Gasteiger partial charge is 0.247 e. The van der Waals surface area contributed by atoms with Gasteiger partial charge >= 0.3 is 0 Å². The third kappa shape index (κ3) is 3.36. The maximum atomic E-state index is 12.8. The summed E-state index contributed by atoms with van der Waals surface area (Å²) in [4.78, 5) is 15.0. The quantitative estimate of drug-likeness (QED) is 0.942. The van der Waals surface area contributed by atoms with Gasteiger partial charge in [-0.1, -0.05) is 41.9 Å². The molecule has 1 N–H and O–H groups in total. The molecule has 0 spiro atoms. The zero-order chi connectivity index (χ0) is 15.4. The van der Waals surface area contributed by atoms with Gasteiger partial charge in [-0.2, -0.15) is 0 Å². The number of nitrogens with one attached hydrogen (secondary N) is 1. The Kier molecular flexibility index (Phi) is 4.53. The van der Waals surface area contributed by atoms with Crippen molar-refractivity contribution in [2.24, 2.45) is 0 Å². The van der Waals surface area contributed by atoms with Crippen LogP contribution in [0.25, 0.3) is 0 Å². The lowest BCUT2D eigenvalue weighted by Crippen LogP contribution is -2.40. The molecule has 0 bridgehead atoms. The largest absolute Gasteiger partial charge is 0.360 e. The van der Waals surface area contributed by atoms with E-state index >= 15 is 0 Å². The van der Waals surface area contributed by atoms with Crippen LogP contribution in [0.2, 0.25) is 0 Å². The van der Waals surface area contributed by atoms with Crippen LogP contribution in [0.3, 0.4) is 0 Å². The van der Waals surface area contributed by atoms with Crippen LogP contribution in [-0.4, -0.2) is 29.1 Å². The predicted molar refractivity (Wildman–Crippen MR) is 84.5 cm³/mol. The van der Waals surface area contributed by atoms with Crippen molar-refractivity contribution in [1.29, 1.82) is 0 Å². The Hall–Kier alpha value is -2.14. The monoisotopic (exact) mass is 299 g/mol. The van der Waals surface area contributed by atoms with Crippen molar-refractivity contribution in [3.8, 4) is 0 Å². The first-order valence-corrected chi connectivity index (χ1v) is 7.77. The predicted octanol–water partition coefficient (Wildman–Crippen LogP) is 3.15. The first kappa shape index (κ1) is 14.8. The molecule has 1 atom stereocenters. The summed E-state index contributed by atoms with van der Waals surface area (Å²) in [5.41, 5.74) is 1.02. The highest BCUT2D eigenvalue weighted by Gasteiger charge is 2.29. The molecule has 22 heavy (non-hydrogen) atoms. The molecule has 0 unspecified atom stereocenters. The van der Waals surface area contributed by atoms with Crippen molar-refractivity contribution in [3.05, 3.63) is 47.7 Å². The number of benzene rings is 1. The van der Waals surface area contributed by atoms with E-state index in [2.05, 4.69) is 15.4 Å². The highest BCUT2D eigenvalue weighted by Crippen LogP contribution is 2.26. The summed E-state index contributed by atoms with van der Waals surface area (Å²) in [5.74, 6) is 1.10. The summed E-state index contributed by atoms with van der Waals surface area (Å²) in [5, 5.41) is 6.72. The molecular weight excluding hydrogens is 278 g/mol. The highest BCUT2D eigenvalue weighted by atomic mass is 16.5. The van der Waals surface area contributed by atoms with Crippen LogP contribution in [0.15, 0.2) is 40.9 Å². The molecule has 1 aromatic carbocycles. The van der Waals surface area contributed by atoms with Crippen LogP contribution >= 0.6 is 0 Å². The van der Waals surface area contributed by atoms with Crippen LogP contribution in [0.4, 0.5) is 5.82 Å². The molecule has 2 aromatic rings. The van der Waals surface area contributed by atoms with E-state index < -0.39 is 0 Å². The SMILES string of the molecule is Cc1cc(NC(=O)[C@H](c2ccccc2)N2CCCCC2)no1. The maximum Gasteiger partial charge on any atom is 0.247 e. The van der Waals surface area contributed by atoms with Gasteiger partial charge < -0.3 is 9.84 Å². The summed E-state index contributed by atoms with van der Waals surface area (Å²) in [6, 6.07) is 11.4. The van der Waals surface area contributed by atoms with Crippen molar-refractivity contribution in [1.82, 2.24) is 10.1 Å². The van der Waals surface area contributed by atoms with E-state index in [9.17, 15) is 4.79 Å². The summed E-state index contributed by atoms with van der Waals surface area (Å²) in [6.45, 7) is 3.71. The van der Waals surface area contributed by atoms with Gasteiger partial charge in [-0.15, -0.1) is 0 Å². The Labute approximate surface area is 130 Å². The number of amides is 1. The number of likely N-dealkylation sites (tertiary alicyclic amines) is 1. The highest BCUT2D eigenvalue weighted by molar-refractivity contribution is 5.94. The molecular formula is C17H21N3O2. The molecule has 0 saturated carbocycles. The lowest BCUT2D eigenvalue weighted by Gasteiger charge is -2.33. The summed E-state index contributed by atoms with van der Waals surface area (Å²) < 4.78 is 5.02. The normalized spacial score (nSPS) is 17.1. The molecule has 2 heterocycles. The molecule has 5 nitrogen and oxygen atoms in total. The molecule has 1 fully saturated rings. The van der Waals surface area contributed by atoms with E-state index in [1.54, 1.807) is 6.07 Å². The zero-order valence-electron chi connectivity index (χ0n) is 12.8. The summed E-state index contributed by atoms with van der Waals surface area (Å²) >= 11 is 0. The minimum absolute atomic E-state index is 0.0543. The van der Waals surface area contributed by atoms with E-state index in [4.69, 9.17) is 4.52 Å². The van der Waals surface area contributed by atoms with Gasteiger partial charge in [-0.05, 0) is 38.4 Å². The minimum Gasteiger partial charge on any atom is -0.360 e. The second-order valence-electron chi connectivity index (χ2n) is 5.72. The van der Waals surface area contributed by atoms with Crippen molar-refractivity contribution >= 4 is 11.7 Å². The maximum absolute atomic E-state index is 12.8. The van der Waals surface area contributed by atoms with Crippen molar-refractivity contribution < 1.29 is 9.32 Å². The standard InChI is InChI=1S/C17H21N3O2/c1-13-12-15(19-22-13)18-17(21)16(14-8-4-2-5-9-14)20-10-6-3-7-11-20/h2,4-5,8-9,12,16H,3,6-7,10-11H2,1H3,(H,18,19,21)/t16-/m0/s1. The van der Waals surface area contributed by atoms with E-state index in [1.807, 2.05) is 37.3 Å². The van der Waals surface area contributed by atoms with E-state index in [1.165, 1.54) is 6.42 Å². The molecule has 1 aliphatic heterocycles. The number of carbonyl (C=O) groups excluding carboxylic acids is 1. The Morgan fingerprint density at radius 2 is 1.95 bits per heavy atom. The third-order valence-electron chi connectivity index (χ3n) is 4.00. The average molecular weight is 299 g/mol. The number of aryl methyl sites for hydroxylation is 1. The first-order chi connectivity index (χ1) is 10.7. The van der Waals surface area contributed by atoms with Gasteiger partial charge in [0, 0.05) is 6.07 Å². The Balaban J connectivity index is 1.82. The Bertz CT molecular complexity index is 618. The van der Waals surface area contributed by atoms with Gasteiger partial charge in [0.15, 0.2) is 5.82 Å². The number of rotatable bonds is 4. The summed E-state index contributed by atoms with van der Waals surface area (Å²) in [6.07, 6.45) is 3.52. The van der Waals surface area contributed by atoms with Crippen molar-refractivity contribution in [3.63, 3.8) is 0 Å². The van der Waals surface area contributed by atoms with Crippen LogP contribution in [0.1, 0.15) is 36.6 Å². The Morgan fingerprint density at radius 3 is 2.59 bits per heavy atom. The molecule has 0 aliphatic carbocycles. The van der Waals surface area contributed by atoms with Gasteiger partial charge in [-0.3, -0.25) is 9.69 Å². The number of piperidine rings is 1. The number of nitrogens with zero attached hydrogens (tertiary/aromatic N) is 2. The van der Waals surface area contributed by atoms with Crippen molar-refractivity contribution in [2.45, 2.75) is 32.2 Å². The molecule has 1 amide bonds. The molecule has 3 rings (SSSR count). The van der Waals surface area contributed by atoms with Crippen LogP contribution in [0.5, 0.6) is 0 Å². The number of hydrogen-bond acceptors (Lipinski definition) is 4. The lowest BCUT2D eigenvalue weighted by molar-refractivity contribution is -0.122. The summed E-state index contributed by atoms with van der Waals surface area (Å²) in [7, 11) is 0. The van der Waals surface area contributed by atoms with Gasteiger partial charge in [-0.25, -0.2) is 0 Å². The molecule has 1 aromatic heterocycles. The van der Waals surface area contributed by atoms with E-state index in [-0.39, 0.29) is 11.9 Å². The minimum atomic E-state index is -0.279. The lowest BCUT2D eigenvalue weighted by atomic mass is 10.0. The second kappa shape index (κ2) is 6.75.